The van der Waals surface area contributed by atoms with E-state index >= 15 is 0 Å². The van der Waals surface area contributed by atoms with E-state index in [1.807, 2.05) is 12.1 Å². The second-order valence-electron chi connectivity index (χ2n) is 14.8. The van der Waals surface area contributed by atoms with Crippen LogP contribution in [0, 0.1) is 0 Å². The predicted octanol–water partition coefficient (Wildman–Crippen LogP) is 15.8. The Hall–Kier alpha value is -7.82. The molecule has 0 aliphatic carbocycles. The Morgan fingerprint density at radius 3 is 1.79 bits per heavy atom. The summed E-state index contributed by atoms with van der Waals surface area (Å²) < 4.78 is 13.6. The van der Waals surface area contributed by atoms with E-state index in [0.29, 0.717) is 0 Å². The normalized spacial score (nSPS) is 11.9. The van der Waals surface area contributed by atoms with E-state index in [2.05, 4.69) is 204 Å². The molecule has 0 saturated carbocycles. The first-order chi connectivity index (χ1) is 28.8. The van der Waals surface area contributed by atoms with Crippen molar-refractivity contribution in [2.24, 2.45) is 0 Å². The average molecular weight is 743 g/mol. The third-order valence-corrected chi connectivity index (χ3v) is 11.6. The molecule has 0 N–H and O–H groups in total. The molecule has 0 amide bonds. The molecule has 0 spiro atoms. The molecule has 4 heteroatoms. The summed E-state index contributed by atoms with van der Waals surface area (Å²) >= 11 is 0. The van der Waals surface area contributed by atoms with Crippen LogP contribution in [-0.4, -0.2) is 0 Å². The first kappa shape index (κ1) is 32.4. The Bertz CT molecular complexity index is 3390. The fourth-order valence-electron chi connectivity index (χ4n) is 9.06. The van der Waals surface area contributed by atoms with Gasteiger partial charge in [0.1, 0.15) is 17.1 Å². The average Bonchev–Trinajstić information content (AvgIpc) is 3.67. The van der Waals surface area contributed by atoms with Crippen molar-refractivity contribution in [1.29, 1.82) is 0 Å². The van der Waals surface area contributed by atoms with Gasteiger partial charge in [0.25, 0.3) is 0 Å². The van der Waals surface area contributed by atoms with Crippen LogP contribution in [0.15, 0.2) is 211 Å². The Morgan fingerprint density at radius 1 is 0.328 bits per heavy atom. The fraction of sp³-hybridized carbons (Fsp3) is 0. The van der Waals surface area contributed by atoms with Gasteiger partial charge in [-0.15, -0.1) is 0 Å². The van der Waals surface area contributed by atoms with Gasteiger partial charge in [-0.25, -0.2) is 0 Å². The zero-order valence-corrected chi connectivity index (χ0v) is 31.3. The third-order valence-electron chi connectivity index (χ3n) is 11.6. The van der Waals surface area contributed by atoms with Crippen molar-refractivity contribution in [2.45, 2.75) is 0 Å². The number of furan rings is 1. The van der Waals surface area contributed by atoms with Crippen LogP contribution < -0.4 is 14.5 Å². The van der Waals surface area contributed by atoms with Crippen LogP contribution in [0.1, 0.15) is 0 Å². The van der Waals surface area contributed by atoms with Crippen molar-refractivity contribution in [3.05, 3.63) is 206 Å². The number of nitrogens with zero attached hydrogens (tertiary/aromatic N) is 2. The van der Waals surface area contributed by atoms with Gasteiger partial charge in [-0.2, -0.15) is 0 Å². The van der Waals surface area contributed by atoms with Gasteiger partial charge >= 0.3 is 0 Å². The van der Waals surface area contributed by atoms with E-state index in [4.69, 9.17) is 9.15 Å². The minimum absolute atomic E-state index is 0.822. The van der Waals surface area contributed by atoms with Gasteiger partial charge in [0.05, 0.1) is 17.1 Å². The van der Waals surface area contributed by atoms with E-state index in [9.17, 15) is 0 Å². The molecule has 12 rings (SSSR count). The smallest absolute Gasteiger partial charge is 0.159 e. The summed E-state index contributed by atoms with van der Waals surface area (Å²) in [6, 6.07) is 73.0. The Balaban J connectivity index is 1.04. The molecule has 0 bridgehead atoms. The van der Waals surface area contributed by atoms with Gasteiger partial charge in [-0.3, -0.25) is 0 Å². The van der Waals surface area contributed by atoms with Crippen LogP contribution in [0.2, 0.25) is 0 Å². The number of benzene rings is 10. The monoisotopic (exact) mass is 742 g/mol. The number of para-hydroxylation sites is 4. The number of rotatable bonds is 6. The lowest BCUT2D eigenvalue weighted by atomic mass is 9.92. The van der Waals surface area contributed by atoms with E-state index in [0.717, 1.165) is 89.5 Å². The molecule has 0 unspecified atom stereocenters. The van der Waals surface area contributed by atoms with Crippen LogP contribution in [0.4, 0.5) is 34.1 Å². The van der Waals surface area contributed by atoms with Gasteiger partial charge in [0, 0.05) is 55.6 Å². The highest BCUT2D eigenvalue weighted by molar-refractivity contribution is 6.16. The maximum Gasteiger partial charge on any atom is 0.159 e. The number of anilines is 6. The SMILES string of the molecule is c1ccc(N(c2ccc3c(c2)Oc2cccc4c(N(c5ccccc5)c5cccc6c5oc5ccccc56)ccc-3c24)c2cc3ccccc3c3ccccc23)cc1. The lowest BCUT2D eigenvalue weighted by Crippen LogP contribution is -2.12. The molecule has 58 heavy (non-hydrogen) atoms. The molecule has 272 valence electrons. The van der Waals surface area contributed by atoms with Crippen LogP contribution >= 0.6 is 0 Å². The molecular formula is C54H34N2O2. The molecular weight excluding hydrogens is 709 g/mol. The Kier molecular flexibility index (Phi) is 7.20. The highest BCUT2D eigenvalue weighted by atomic mass is 16.5. The zero-order chi connectivity index (χ0) is 38.2. The summed E-state index contributed by atoms with van der Waals surface area (Å²) in [7, 11) is 0. The molecule has 0 atom stereocenters. The van der Waals surface area contributed by atoms with Crippen molar-refractivity contribution in [2.75, 3.05) is 9.80 Å². The lowest BCUT2D eigenvalue weighted by molar-refractivity contribution is 0.487. The van der Waals surface area contributed by atoms with E-state index < -0.39 is 0 Å². The van der Waals surface area contributed by atoms with Crippen LogP contribution in [-0.2, 0) is 0 Å². The van der Waals surface area contributed by atoms with Crippen molar-refractivity contribution in [1.82, 2.24) is 0 Å². The maximum absolute atomic E-state index is 6.96. The number of hydrogen-bond donors (Lipinski definition) is 0. The molecule has 4 nitrogen and oxygen atoms in total. The topological polar surface area (TPSA) is 28.9 Å². The molecule has 0 saturated heterocycles. The molecule has 2 heterocycles. The van der Waals surface area contributed by atoms with Gasteiger partial charge in [0.2, 0.25) is 0 Å². The van der Waals surface area contributed by atoms with E-state index in [-0.39, 0.29) is 0 Å². The molecule has 11 aromatic rings. The summed E-state index contributed by atoms with van der Waals surface area (Å²) in [5, 5.41) is 9.22. The highest BCUT2D eigenvalue weighted by Gasteiger charge is 2.27. The zero-order valence-electron chi connectivity index (χ0n) is 31.3. The highest BCUT2D eigenvalue weighted by Crippen LogP contribution is 2.53. The molecule has 1 aliphatic rings. The first-order valence-electron chi connectivity index (χ1n) is 19.7. The molecule has 10 aromatic carbocycles. The van der Waals surface area contributed by atoms with Gasteiger partial charge in [-0.1, -0.05) is 133 Å². The third kappa shape index (κ3) is 4.95. The predicted molar refractivity (Wildman–Crippen MR) is 241 cm³/mol. The molecule has 1 aliphatic heterocycles. The number of ether oxygens (including phenoxy) is 1. The first-order valence-corrected chi connectivity index (χ1v) is 19.7. The van der Waals surface area contributed by atoms with Crippen LogP contribution in [0.3, 0.4) is 0 Å². The summed E-state index contributed by atoms with van der Waals surface area (Å²) in [6.45, 7) is 0. The molecule has 0 fully saturated rings. The van der Waals surface area contributed by atoms with Crippen LogP contribution in [0.25, 0.3) is 65.4 Å². The van der Waals surface area contributed by atoms with Crippen molar-refractivity contribution < 1.29 is 9.15 Å². The second-order valence-corrected chi connectivity index (χ2v) is 14.8. The number of hydrogen-bond acceptors (Lipinski definition) is 4. The standard InChI is InChI=1S/C54H34N2O2/c1-3-16-36(17-4-1)55(49-33-35-15-7-8-20-39(35)40-21-9-10-22-41(40)49)38-29-30-43-44-31-32-47(46-25-14-28-51(53(44)46)57-52(43)34-38)56(37-18-5-2-6-19-37)48-26-13-24-45-42-23-11-12-27-50(42)58-54(45)48/h1-34H. The summed E-state index contributed by atoms with van der Waals surface area (Å²) in [5.41, 5.74) is 10.2. The molecule has 0 radical (unpaired) electrons. The largest absolute Gasteiger partial charge is 0.456 e. The minimum Gasteiger partial charge on any atom is -0.456 e. The van der Waals surface area contributed by atoms with Gasteiger partial charge in [0.15, 0.2) is 5.58 Å². The fourth-order valence-corrected chi connectivity index (χ4v) is 9.06. The van der Waals surface area contributed by atoms with Gasteiger partial charge < -0.3 is 19.0 Å². The quantitative estimate of drug-likeness (QED) is 0.159. The minimum atomic E-state index is 0.822. The summed E-state index contributed by atoms with van der Waals surface area (Å²) in [5.74, 6) is 1.65. The van der Waals surface area contributed by atoms with Crippen molar-refractivity contribution in [3.63, 3.8) is 0 Å². The van der Waals surface area contributed by atoms with E-state index in [1.54, 1.807) is 0 Å². The van der Waals surface area contributed by atoms with Crippen LogP contribution in [0.5, 0.6) is 11.5 Å². The Morgan fingerprint density at radius 2 is 0.966 bits per heavy atom. The number of fused-ring (bicyclic) bond motifs is 8. The summed E-state index contributed by atoms with van der Waals surface area (Å²) in [6.07, 6.45) is 0. The summed E-state index contributed by atoms with van der Waals surface area (Å²) in [4.78, 5) is 4.67. The maximum atomic E-state index is 6.96. The van der Waals surface area contributed by atoms with Crippen molar-refractivity contribution >= 4 is 88.4 Å². The Labute approximate surface area is 335 Å². The second kappa shape index (κ2) is 12.9. The van der Waals surface area contributed by atoms with Gasteiger partial charge in [-0.05, 0) is 88.5 Å². The van der Waals surface area contributed by atoms with Crippen molar-refractivity contribution in [3.8, 4) is 22.6 Å². The lowest BCUT2D eigenvalue weighted by Gasteiger charge is -2.30. The molecule has 1 aromatic heterocycles. The van der Waals surface area contributed by atoms with E-state index in [1.165, 1.54) is 21.5 Å².